The maximum absolute atomic E-state index is 9.58. The molecule has 2 rings (SSSR count). The molecule has 0 amide bonds. The average Bonchev–Trinajstić information content (AvgIpc) is 2.83. The zero-order chi connectivity index (χ0) is 16.0. The summed E-state index contributed by atoms with van der Waals surface area (Å²) in [5.74, 6) is -1.10. The highest BCUT2D eigenvalue weighted by Gasteiger charge is 2.24. The molecule has 0 aliphatic heterocycles. The number of aliphatic hydroxyl groups is 2. The molecule has 2 aromatic rings. The monoisotopic (exact) mass is 292 g/mol. The highest BCUT2D eigenvalue weighted by Crippen LogP contribution is 2.20. The van der Waals surface area contributed by atoms with Crippen molar-refractivity contribution in [2.24, 2.45) is 0 Å². The molecule has 0 aliphatic carbocycles. The van der Waals surface area contributed by atoms with E-state index in [-0.39, 0.29) is 5.69 Å². The van der Waals surface area contributed by atoms with Crippen LogP contribution in [0.25, 0.3) is 0 Å². The van der Waals surface area contributed by atoms with Gasteiger partial charge in [-0.2, -0.15) is 5.10 Å². The Bertz CT molecular complexity index is 554. The van der Waals surface area contributed by atoms with Gasteiger partial charge in [0.2, 0.25) is 5.79 Å². The van der Waals surface area contributed by atoms with Crippen LogP contribution in [-0.2, 0) is 12.3 Å². The van der Waals surface area contributed by atoms with Crippen LogP contribution in [0.4, 0.5) is 0 Å². The Labute approximate surface area is 125 Å². The summed E-state index contributed by atoms with van der Waals surface area (Å²) >= 11 is 0. The molecular weight excluding hydrogens is 268 g/mol. The number of aromatic nitrogens is 2. The Hall–Kier alpha value is -1.85. The average molecular weight is 292 g/mol. The van der Waals surface area contributed by atoms with E-state index < -0.39 is 5.79 Å². The summed E-state index contributed by atoms with van der Waals surface area (Å²) in [5.41, 5.74) is 2.09. The van der Waals surface area contributed by atoms with Gasteiger partial charge in [-0.1, -0.05) is 26.0 Å². The van der Waals surface area contributed by atoms with Gasteiger partial charge in [-0.25, -0.2) is 0 Å². The van der Waals surface area contributed by atoms with E-state index in [1.807, 2.05) is 38.1 Å². The quantitative estimate of drug-likeness (QED) is 0.849. The number of aryl methyl sites for hydroxylation is 1. The first-order valence-electron chi connectivity index (χ1n) is 7.02. The molecule has 1 aromatic heterocycles. The molecule has 0 saturated heterocycles. The minimum atomic E-state index is -1.91. The van der Waals surface area contributed by atoms with Crippen molar-refractivity contribution in [3.8, 4) is 5.75 Å². The van der Waals surface area contributed by atoms with Gasteiger partial charge < -0.3 is 14.9 Å². The summed E-state index contributed by atoms with van der Waals surface area (Å²) in [6.07, 6.45) is 1.80. The number of ether oxygens (including phenoxy) is 1. The van der Waals surface area contributed by atoms with E-state index in [1.54, 1.807) is 24.9 Å². The molecule has 1 heterocycles. The smallest absolute Gasteiger partial charge is 0.206 e. The van der Waals surface area contributed by atoms with Crippen LogP contribution < -0.4 is 4.74 Å². The Morgan fingerprint density at radius 1 is 1.19 bits per heavy atom. The molecular formula is C16H24N2O3. The van der Waals surface area contributed by atoms with Crippen LogP contribution in [0.3, 0.4) is 0 Å². The lowest BCUT2D eigenvalue weighted by Crippen LogP contribution is -2.22. The molecule has 5 nitrogen and oxygen atoms in total. The van der Waals surface area contributed by atoms with Crippen LogP contribution in [0.1, 0.15) is 37.6 Å². The summed E-state index contributed by atoms with van der Waals surface area (Å²) < 4.78 is 6.79. The molecule has 5 heteroatoms. The first kappa shape index (κ1) is 17.2. The third-order valence-electron chi connectivity index (χ3n) is 2.90. The van der Waals surface area contributed by atoms with Crippen LogP contribution in [0.15, 0.2) is 30.5 Å². The Morgan fingerprint density at radius 3 is 2.19 bits per heavy atom. The van der Waals surface area contributed by atoms with Crippen molar-refractivity contribution < 1.29 is 14.9 Å². The fraction of sp³-hybridized carbons (Fsp3) is 0.438. The largest absolute Gasteiger partial charge is 0.497 e. The zero-order valence-corrected chi connectivity index (χ0v) is 13.3. The highest BCUT2D eigenvalue weighted by molar-refractivity contribution is 5.27. The second-order valence-electron chi connectivity index (χ2n) is 4.73. The van der Waals surface area contributed by atoms with Crippen molar-refractivity contribution in [1.29, 1.82) is 0 Å². The first-order valence-corrected chi connectivity index (χ1v) is 7.02. The van der Waals surface area contributed by atoms with Crippen molar-refractivity contribution in [1.82, 2.24) is 9.78 Å². The van der Waals surface area contributed by atoms with Gasteiger partial charge in [0.05, 0.1) is 13.7 Å². The molecule has 0 unspecified atom stereocenters. The molecule has 0 atom stereocenters. The molecule has 0 saturated carbocycles. The Morgan fingerprint density at radius 2 is 1.76 bits per heavy atom. The van der Waals surface area contributed by atoms with Crippen molar-refractivity contribution in [2.45, 2.75) is 40.0 Å². The molecule has 1 aromatic carbocycles. The summed E-state index contributed by atoms with van der Waals surface area (Å²) in [6, 6.07) is 7.67. The first-order chi connectivity index (χ1) is 9.90. The summed E-state index contributed by atoms with van der Waals surface area (Å²) in [5, 5.41) is 23.4. The number of rotatable bonds is 4. The van der Waals surface area contributed by atoms with Gasteiger partial charge in [-0.3, -0.25) is 4.68 Å². The Kier molecular flexibility index (Phi) is 5.93. The number of methoxy groups -OCH3 is 1. The molecule has 21 heavy (non-hydrogen) atoms. The van der Waals surface area contributed by atoms with Gasteiger partial charge in [0.1, 0.15) is 11.4 Å². The third kappa shape index (κ3) is 4.58. The van der Waals surface area contributed by atoms with E-state index in [0.29, 0.717) is 6.54 Å². The van der Waals surface area contributed by atoms with Gasteiger partial charge in [-0.15, -0.1) is 0 Å². The number of benzene rings is 1. The van der Waals surface area contributed by atoms with Gasteiger partial charge in [0.25, 0.3) is 0 Å². The van der Waals surface area contributed by atoms with E-state index >= 15 is 0 Å². The second-order valence-corrected chi connectivity index (χ2v) is 4.73. The van der Waals surface area contributed by atoms with E-state index in [9.17, 15) is 10.2 Å². The fourth-order valence-electron chi connectivity index (χ4n) is 1.99. The van der Waals surface area contributed by atoms with E-state index in [4.69, 9.17) is 4.74 Å². The SMILES string of the molecule is CC.COc1ccc(Cn2cc(C)c(C(C)(O)O)n2)cc1. The number of nitrogens with zero attached hydrogens (tertiary/aromatic N) is 2. The Balaban J connectivity index is 0.00000106. The standard InChI is InChI=1S/C14H18N2O3.C2H6/c1-10-8-16(15-13(10)14(2,17)18)9-11-4-6-12(19-3)7-5-11;1-2/h4-8,17-18H,9H2,1-3H3;1-2H3. The van der Waals surface area contributed by atoms with Crippen LogP contribution >= 0.6 is 0 Å². The lowest BCUT2D eigenvalue weighted by Gasteiger charge is -2.13. The fourth-order valence-corrected chi connectivity index (χ4v) is 1.99. The van der Waals surface area contributed by atoms with Crippen LogP contribution in [0.5, 0.6) is 5.75 Å². The maximum Gasteiger partial charge on any atom is 0.206 e. The van der Waals surface area contributed by atoms with Gasteiger partial charge in [0.15, 0.2) is 0 Å². The summed E-state index contributed by atoms with van der Waals surface area (Å²) in [6.45, 7) is 7.68. The third-order valence-corrected chi connectivity index (χ3v) is 2.90. The highest BCUT2D eigenvalue weighted by atomic mass is 16.5. The molecule has 0 fully saturated rings. The predicted octanol–water partition coefficient (Wildman–Crippen LogP) is 2.43. The predicted molar refractivity (Wildman–Crippen MR) is 82.2 cm³/mol. The number of hydrogen-bond donors (Lipinski definition) is 2. The minimum absolute atomic E-state index is 0.279. The molecule has 0 aliphatic rings. The zero-order valence-electron chi connectivity index (χ0n) is 13.3. The lowest BCUT2D eigenvalue weighted by molar-refractivity contribution is -0.156. The molecule has 0 radical (unpaired) electrons. The van der Waals surface area contributed by atoms with Crippen molar-refractivity contribution in [3.05, 3.63) is 47.3 Å². The van der Waals surface area contributed by atoms with Crippen LogP contribution in [-0.4, -0.2) is 27.1 Å². The topological polar surface area (TPSA) is 67.5 Å². The van der Waals surface area contributed by atoms with Gasteiger partial charge in [0, 0.05) is 6.20 Å². The van der Waals surface area contributed by atoms with E-state index in [2.05, 4.69) is 5.10 Å². The van der Waals surface area contributed by atoms with Crippen LogP contribution in [0, 0.1) is 6.92 Å². The number of hydrogen-bond acceptors (Lipinski definition) is 4. The van der Waals surface area contributed by atoms with Gasteiger partial charge in [-0.05, 0) is 37.1 Å². The lowest BCUT2D eigenvalue weighted by atomic mass is 10.1. The normalized spacial score (nSPS) is 10.8. The van der Waals surface area contributed by atoms with Crippen molar-refractivity contribution >= 4 is 0 Å². The molecule has 0 spiro atoms. The minimum Gasteiger partial charge on any atom is -0.497 e. The summed E-state index contributed by atoms with van der Waals surface area (Å²) in [7, 11) is 1.63. The molecule has 0 bridgehead atoms. The molecule has 116 valence electrons. The van der Waals surface area contributed by atoms with Crippen molar-refractivity contribution in [3.63, 3.8) is 0 Å². The molecule has 2 N–H and O–H groups in total. The van der Waals surface area contributed by atoms with Crippen molar-refractivity contribution in [2.75, 3.05) is 7.11 Å². The van der Waals surface area contributed by atoms with E-state index in [1.165, 1.54) is 6.92 Å². The maximum atomic E-state index is 9.58. The van der Waals surface area contributed by atoms with Crippen LogP contribution in [0.2, 0.25) is 0 Å². The van der Waals surface area contributed by atoms with Gasteiger partial charge >= 0.3 is 0 Å². The van der Waals surface area contributed by atoms with E-state index in [0.717, 1.165) is 16.9 Å². The second kappa shape index (κ2) is 7.24. The summed E-state index contributed by atoms with van der Waals surface area (Å²) in [4.78, 5) is 0.